The first-order valence-electron chi connectivity index (χ1n) is 4.43. The monoisotopic (exact) mass is 252 g/mol. The van der Waals surface area contributed by atoms with Gasteiger partial charge in [0.15, 0.2) is 10.3 Å². The summed E-state index contributed by atoms with van der Waals surface area (Å²) in [6.45, 7) is 1.90. The molecule has 16 heavy (non-hydrogen) atoms. The van der Waals surface area contributed by atoms with Gasteiger partial charge in [0.1, 0.15) is 0 Å². The van der Waals surface area contributed by atoms with E-state index in [0.29, 0.717) is 10.3 Å². The van der Waals surface area contributed by atoms with Crippen LogP contribution in [0.3, 0.4) is 0 Å². The lowest BCUT2D eigenvalue weighted by Gasteiger charge is -1.98. The summed E-state index contributed by atoms with van der Waals surface area (Å²) in [6, 6.07) is 3.20. The van der Waals surface area contributed by atoms with Crippen LogP contribution in [-0.2, 0) is 0 Å². The summed E-state index contributed by atoms with van der Waals surface area (Å²) in [5, 5.41) is 1.19. The molecular formula is C9H8N4OS2. The molecule has 0 atom stereocenters. The maximum Gasteiger partial charge on any atom is 0.251 e. The highest BCUT2D eigenvalue weighted by molar-refractivity contribution is 8.76. The highest BCUT2D eigenvalue weighted by atomic mass is 33.1. The normalized spacial score (nSPS) is 10.3. The number of H-pyrrole nitrogens is 1. The molecule has 2 rings (SSSR count). The van der Waals surface area contributed by atoms with Crippen molar-refractivity contribution in [3.8, 4) is 0 Å². The average Bonchev–Trinajstić information content (AvgIpc) is 2.27. The van der Waals surface area contributed by atoms with Crippen molar-refractivity contribution in [2.24, 2.45) is 0 Å². The third kappa shape index (κ3) is 3.07. The molecule has 0 aliphatic heterocycles. The van der Waals surface area contributed by atoms with Crippen molar-refractivity contribution < 1.29 is 0 Å². The van der Waals surface area contributed by atoms with Crippen molar-refractivity contribution >= 4 is 21.6 Å². The molecular weight excluding hydrogens is 244 g/mol. The molecule has 0 aliphatic carbocycles. The van der Waals surface area contributed by atoms with Gasteiger partial charge < -0.3 is 4.98 Å². The lowest BCUT2D eigenvalue weighted by molar-refractivity contribution is 0.933. The Bertz CT molecular complexity index is 543. The molecule has 7 heteroatoms. The van der Waals surface area contributed by atoms with Crippen molar-refractivity contribution in [2.75, 3.05) is 0 Å². The van der Waals surface area contributed by atoms with Gasteiger partial charge >= 0.3 is 0 Å². The van der Waals surface area contributed by atoms with E-state index in [0.717, 1.165) is 5.69 Å². The first kappa shape index (κ1) is 11.2. The lowest BCUT2D eigenvalue weighted by Crippen LogP contribution is -2.04. The van der Waals surface area contributed by atoms with Gasteiger partial charge in [-0.1, -0.05) is 0 Å². The predicted octanol–water partition coefficient (Wildman–Crippen LogP) is 1.67. The van der Waals surface area contributed by atoms with E-state index in [-0.39, 0.29) is 5.56 Å². The van der Waals surface area contributed by atoms with Crippen LogP contribution < -0.4 is 5.56 Å². The minimum atomic E-state index is -0.164. The second-order valence-corrected chi connectivity index (χ2v) is 4.97. The van der Waals surface area contributed by atoms with Crippen LogP contribution in [0.5, 0.6) is 0 Å². The molecule has 2 heterocycles. The van der Waals surface area contributed by atoms with E-state index in [4.69, 9.17) is 0 Å². The molecule has 0 amide bonds. The quantitative estimate of drug-likeness (QED) is 0.661. The van der Waals surface area contributed by atoms with E-state index in [1.54, 1.807) is 6.20 Å². The van der Waals surface area contributed by atoms with Crippen LogP contribution in [0.15, 0.2) is 39.6 Å². The number of rotatable bonds is 3. The summed E-state index contributed by atoms with van der Waals surface area (Å²) in [5.74, 6) is 0. The van der Waals surface area contributed by atoms with Crippen LogP contribution in [0.25, 0.3) is 0 Å². The number of aromatic amines is 1. The van der Waals surface area contributed by atoms with Gasteiger partial charge in [0, 0.05) is 24.2 Å². The van der Waals surface area contributed by atoms with E-state index in [1.165, 1.54) is 33.9 Å². The fraction of sp³-hybridized carbons (Fsp3) is 0.111. The van der Waals surface area contributed by atoms with Crippen molar-refractivity contribution in [1.82, 2.24) is 19.9 Å². The van der Waals surface area contributed by atoms with Crippen molar-refractivity contribution in [3.05, 3.63) is 40.6 Å². The topological polar surface area (TPSA) is 71.5 Å². The number of aromatic nitrogens is 4. The molecule has 0 radical (unpaired) electrons. The zero-order valence-corrected chi connectivity index (χ0v) is 10.0. The largest absolute Gasteiger partial charge is 0.301 e. The molecule has 1 N–H and O–H groups in total. The van der Waals surface area contributed by atoms with Gasteiger partial charge in [0.25, 0.3) is 5.56 Å². The number of hydrogen-bond acceptors (Lipinski definition) is 6. The van der Waals surface area contributed by atoms with Gasteiger partial charge in [0.2, 0.25) is 0 Å². The Hall–Kier alpha value is -1.34. The van der Waals surface area contributed by atoms with Gasteiger partial charge in [-0.05, 0) is 34.6 Å². The molecule has 0 aromatic carbocycles. The van der Waals surface area contributed by atoms with Crippen molar-refractivity contribution in [2.45, 2.75) is 17.2 Å². The van der Waals surface area contributed by atoms with Crippen molar-refractivity contribution in [3.63, 3.8) is 0 Å². The SMILES string of the molecule is Cc1ccnc(SSc2nccc(=O)[nH]2)n1. The molecule has 2 aromatic heterocycles. The van der Waals surface area contributed by atoms with Crippen LogP contribution in [0.1, 0.15) is 5.69 Å². The fourth-order valence-corrected chi connectivity index (χ4v) is 2.58. The van der Waals surface area contributed by atoms with E-state index in [1.807, 2.05) is 13.0 Å². The standard InChI is InChI=1S/C9H8N4OS2/c1-6-2-4-10-8(12-6)15-16-9-11-5-3-7(14)13-9/h2-5H,1H3,(H,11,13,14). The Balaban J connectivity index is 2.05. The third-order valence-corrected chi connectivity index (χ3v) is 3.58. The molecule has 0 spiro atoms. The van der Waals surface area contributed by atoms with Gasteiger partial charge in [0.05, 0.1) is 0 Å². The van der Waals surface area contributed by atoms with Crippen LogP contribution in [0.2, 0.25) is 0 Å². The molecule has 0 saturated heterocycles. The molecule has 0 bridgehead atoms. The first-order valence-corrected chi connectivity index (χ1v) is 6.58. The summed E-state index contributed by atoms with van der Waals surface area (Å²) in [4.78, 5) is 25.9. The summed E-state index contributed by atoms with van der Waals surface area (Å²) in [5.41, 5.74) is 0.746. The second-order valence-electron chi connectivity index (χ2n) is 2.89. The molecule has 0 fully saturated rings. The lowest BCUT2D eigenvalue weighted by atomic mass is 10.5. The highest BCUT2D eigenvalue weighted by Gasteiger charge is 2.01. The van der Waals surface area contributed by atoms with Gasteiger partial charge in [-0.3, -0.25) is 4.79 Å². The Morgan fingerprint density at radius 1 is 1.19 bits per heavy atom. The molecule has 0 unspecified atom stereocenters. The number of hydrogen-bond donors (Lipinski definition) is 1. The Morgan fingerprint density at radius 3 is 2.75 bits per heavy atom. The second kappa shape index (κ2) is 5.13. The number of aryl methyl sites for hydroxylation is 1. The third-order valence-electron chi connectivity index (χ3n) is 1.62. The minimum absolute atomic E-state index is 0.164. The van der Waals surface area contributed by atoms with Crippen LogP contribution in [0.4, 0.5) is 0 Å². The van der Waals surface area contributed by atoms with Crippen molar-refractivity contribution in [1.29, 1.82) is 0 Å². The summed E-state index contributed by atoms with van der Waals surface area (Å²) >= 11 is 0. The zero-order chi connectivity index (χ0) is 11.4. The van der Waals surface area contributed by atoms with E-state index in [2.05, 4.69) is 19.9 Å². The van der Waals surface area contributed by atoms with Gasteiger partial charge in [-0.15, -0.1) is 0 Å². The summed E-state index contributed by atoms with van der Waals surface area (Å²) in [7, 11) is 2.68. The fourth-order valence-electron chi connectivity index (χ4n) is 0.937. The summed E-state index contributed by atoms with van der Waals surface area (Å²) in [6.07, 6.45) is 3.17. The van der Waals surface area contributed by atoms with E-state index < -0.39 is 0 Å². The van der Waals surface area contributed by atoms with Crippen LogP contribution >= 0.6 is 21.6 Å². The molecule has 5 nitrogen and oxygen atoms in total. The maximum absolute atomic E-state index is 11.0. The molecule has 2 aromatic rings. The number of nitrogens with zero attached hydrogens (tertiary/aromatic N) is 3. The number of nitrogens with one attached hydrogen (secondary N) is 1. The Labute approximate surface area is 99.5 Å². The first-order chi connectivity index (χ1) is 7.74. The Morgan fingerprint density at radius 2 is 2.00 bits per heavy atom. The average molecular weight is 252 g/mol. The molecule has 82 valence electrons. The summed E-state index contributed by atoms with van der Waals surface area (Å²) < 4.78 is 0. The zero-order valence-electron chi connectivity index (χ0n) is 8.38. The maximum atomic E-state index is 11.0. The van der Waals surface area contributed by atoms with E-state index >= 15 is 0 Å². The minimum Gasteiger partial charge on any atom is -0.301 e. The van der Waals surface area contributed by atoms with Gasteiger partial charge in [-0.25, -0.2) is 15.0 Å². The predicted molar refractivity (Wildman–Crippen MR) is 63.3 cm³/mol. The highest BCUT2D eigenvalue weighted by Crippen LogP contribution is 2.32. The molecule has 0 saturated carbocycles. The van der Waals surface area contributed by atoms with Gasteiger partial charge in [-0.2, -0.15) is 0 Å². The smallest absolute Gasteiger partial charge is 0.251 e. The molecule has 0 aliphatic rings. The van der Waals surface area contributed by atoms with Crippen LogP contribution in [0, 0.1) is 6.92 Å². The van der Waals surface area contributed by atoms with E-state index in [9.17, 15) is 4.79 Å². The Kier molecular flexibility index (Phi) is 3.58. The van der Waals surface area contributed by atoms with Crippen LogP contribution in [-0.4, -0.2) is 19.9 Å².